The van der Waals surface area contributed by atoms with Gasteiger partial charge in [0, 0.05) is 40.4 Å². The second kappa shape index (κ2) is 4.56. The van der Waals surface area contributed by atoms with Crippen molar-refractivity contribution in [3.05, 3.63) is 0 Å². The van der Waals surface area contributed by atoms with Crippen LogP contribution in [0.1, 0.15) is 34.1 Å². The summed E-state index contributed by atoms with van der Waals surface area (Å²) in [7, 11) is -0.602. The Labute approximate surface area is 84.2 Å². The molecule has 0 N–H and O–H groups in total. The summed E-state index contributed by atoms with van der Waals surface area (Å²) in [5.41, 5.74) is 0. The average molecular weight is 203 g/mol. The van der Waals surface area contributed by atoms with Gasteiger partial charge in [-0.1, -0.05) is 6.92 Å². The molecular formula is C10H21NOS. The highest BCUT2D eigenvalue weighted by molar-refractivity contribution is 7.86. The molecule has 3 unspecified atom stereocenters. The van der Waals surface area contributed by atoms with E-state index in [0.717, 1.165) is 19.5 Å². The van der Waals surface area contributed by atoms with Gasteiger partial charge in [-0.3, -0.25) is 9.11 Å². The lowest BCUT2D eigenvalue weighted by Gasteiger charge is -2.37. The van der Waals surface area contributed by atoms with Gasteiger partial charge in [-0.2, -0.15) is 0 Å². The van der Waals surface area contributed by atoms with Crippen molar-refractivity contribution in [2.24, 2.45) is 0 Å². The van der Waals surface area contributed by atoms with E-state index in [-0.39, 0.29) is 0 Å². The molecule has 1 fully saturated rings. The zero-order chi connectivity index (χ0) is 10.0. The minimum absolute atomic E-state index is 0.348. The average Bonchev–Trinajstić information content (AvgIpc) is 2.09. The maximum absolute atomic E-state index is 11.8. The van der Waals surface area contributed by atoms with Crippen LogP contribution >= 0.6 is 0 Å². The Morgan fingerprint density at radius 3 is 2.54 bits per heavy atom. The van der Waals surface area contributed by atoms with E-state index in [1.165, 1.54) is 0 Å². The summed E-state index contributed by atoms with van der Waals surface area (Å²) < 4.78 is 11.8. The Bertz CT molecular complexity index is 193. The van der Waals surface area contributed by atoms with Crippen LogP contribution in [-0.4, -0.2) is 38.7 Å². The van der Waals surface area contributed by atoms with E-state index in [1.54, 1.807) is 0 Å². The van der Waals surface area contributed by atoms with Crippen LogP contribution in [0, 0.1) is 0 Å². The Morgan fingerprint density at radius 2 is 2.08 bits per heavy atom. The summed E-state index contributed by atoms with van der Waals surface area (Å²) in [4.78, 5) is 2.44. The second-order valence-electron chi connectivity index (χ2n) is 4.22. The molecule has 0 saturated carbocycles. The number of nitrogens with zero attached hydrogens (tertiary/aromatic N) is 1. The first-order valence-corrected chi connectivity index (χ1v) is 6.47. The molecule has 0 aromatic carbocycles. The van der Waals surface area contributed by atoms with Gasteiger partial charge in [0.2, 0.25) is 0 Å². The van der Waals surface area contributed by atoms with E-state index in [1.807, 2.05) is 0 Å². The summed E-state index contributed by atoms with van der Waals surface area (Å²) in [6.07, 6.45) is 1.04. The molecule has 1 aliphatic heterocycles. The van der Waals surface area contributed by atoms with Crippen molar-refractivity contribution in [3.8, 4) is 0 Å². The first-order chi connectivity index (χ1) is 6.06. The van der Waals surface area contributed by atoms with E-state index in [2.05, 4.69) is 32.6 Å². The SMILES string of the molecule is CCC1CN(C(C)C)CC(C)S1=O. The van der Waals surface area contributed by atoms with E-state index in [4.69, 9.17) is 0 Å². The summed E-state index contributed by atoms with van der Waals surface area (Å²) in [5.74, 6) is 0. The highest BCUT2D eigenvalue weighted by Crippen LogP contribution is 2.18. The number of hydrogen-bond acceptors (Lipinski definition) is 2. The van der Waals surface area contributed by atoms with Gasteiger partial charge in [-0.25, -0.2) is 0 Å². The van der Waals surface area contributed by atoms with Gasteiger partial charge in [-0.05, 0) is 27.2 Å². The molecule has 1 saturated heterocycles. The lowest BCUT2D eigenvalue weighted by molar-refractivity contribution is 0.212. The molecule has 78 valence electrons. The van der Waals surface area contributed by atoms with Gasteiger partial charge in [0.15, 0.2) is 0 Å². The normalized spacial score (nSPS) is 36.8. The predicted octanol–water partition coefficient (Wildman–Crippen LogP) is 1.63. The van der Waals surface area contributed by atoms with Crippen molar-refractivity contribution < 1.29 is 4.21 Å². The van der Waals surface area contributed by atoms with Crippen LogP contribution in [0.25, 0.3) is 0 Å². The molecule has 2 nitrogen and oxygen atoms in total. The van der Waals surface area contributed by atoms with Crippen LogP contribution in [0.3, 0.4) is 0 Å². The summed E-state index contributed by atoms with van der Waals surface area (Å²) >= 11 is 0. The van der Waals surface area contributed by atoms with Gasteiger partial charge in [0.25, 0.3) is 0 Å². The molecule has 0 spiro atoms. The van der Waals surface area contributed by atoms with Gasteiger partial charge in [-0.15, -0.1) is 0 Å². The van der Waals surface area contributed by atoms with Gasteiger partial charge in [0.05, 0.1) is 0 Å². The molecule has 0 radical (unpaired) electrons. The summed E-state index contributed by atoms with van der Waals surface area (Å²) in [6.45, 7) is 10.7. The molecule has 0 aliphatic carbocycles. The minimum atomic E-state index is -0.602. The van der Waals surface area contributed by atoms with Gasteiger partial charge < -0.3 is 0 Å². The summed E-state index contributed by atoms with van der Waals surface area (Å²) in [5, 5.41) is 0.743. The van der Waals surface area contributed by atoms with Gasteiger partial charge in [0.1, 0.15) is 0 Å². The quantitative estimate of drug-likeness (QED) is 0.680. The van der Waals surface area contributed by atoms with Crippen molar-refractivity contribution in [2.75, 3.05) is 13.1 Å². The highest BCUT2D eigenvalue weighted by atomic mass is 32.2. The third-order valence-corrected chi connectivity index (χ3v) is 4.92. The predicted molar refractivity (Wildman–Crippen MR) is 58.4 cm³/mol. The largest absolute Gasteiger partial charge is 0.299 e. The summed E-state index contributed by atoms with van der Waals surface area (Å²) in [6, 6.07) is 0.591. The van der Waals surface area contributed by atoms with Crippen molar-refractivity contribution in [3.63, 3.8) is 0 Å². The zero-order valence-electron chi connectivity index (χ0n) is 9.12. The van der Waals surface area contributed by atoms with Crippen molar-refractivity contribution >= 4 is 10.8 Å². The second-order valence-corrected chi connectivity index (χ2v) is 6.35. The van der Waals surface area contributed by atoms with Crippen LogP contribution in [0.4, 0.5) is 0 Å². The minimum Gasteiger partial charge on any atom is -0.299 e. The van der Waals surface area contributed by atoms with Crippen molar-refractivity contribution in [1.82, 2.24) is 4.90 Å². The molecule has 13 heavy (non-hydrogen) atoms. The molecule has 3 atom stereocenters. The monoisotopic (exact) mass is 203 g/mol. The van der Waals surface area contributed by atoms with Crippen LogP contribution < -0.4 is 0 Å². The third kappa shape index (κ3) is 2.53. The first-order valence-electron chi connectivity index (χ1n) is 5.19. The van der Waals surface area contributed by atoms with Crippen LogP contribution in [0.2, 0.25) is 0 Å². The maximum Gasteiger partial charge on any atom is 0.0475 e. The van der Waals surface area contributed by atoms with E-state index < -0.39 is 10.8 Å². The Hall–Kier alpha value is 0.110. The highest BCUT2D eigenvalue weighted by Gasteiger charge is 2.30. The number of rotatable bonds is 2. The van der Waals surface area contributed by atoms with Crippen LogP contribution in [-0.2, 0) is 10.8 Å². The van der Waals surface area contributed by atoms with E-state index in [0.29, 0.717) is 16.5 Å². The zero-order valence-corrected chi connectivity index (χ0v) is 9.93. The van der Waals surface area contributed by atoms with Crippen LogP contribution in [0.5, 0.6) is 0 Å². The third-order valence-electron chi connectivity index (χ3n) is 2.84. The molecule has 0 bridgehead atoms. The fourth-order valence-electron chi connectivity index (χ4n) is 1.86. The molecule has 1 heterocycles. The first kappa shape index (κ1) is 11.2. The smallest absolute Gasteiger partial charge is 0.0475 e. The van der Waals surface area contributed by atoms with Crippen molar-refractivity contribution in [1.29, 1.82) is 0 Å². The molecule has 0 amide bonds. The Balaban J connectivity index is 2.63. The molecule has 0 aromatic rings. The van der Waals surface area contributed by atoms with Gasteiger partial charge >= 0.3 is 0 Å². The van der Waals surface area contributed by atoms with E-state index in [9.17, 15) is 4.21 Å². The van der Waals surface area contributed by atoms with Crippen molar-refractivity contribution in [2.45, 2.75) is 50.7 Å². The standard InChI is InChI=1S/C10H21NOS/c1-5-10-7-11(8(2)3)6-9(4)13(10)12/h8-10H,5-7H2,1-4H3. The lowest BCUT2D eigenvalue weighted by atomic mass is 10.2. The fourth-order valence-corrected chi connectivity index (χ4v) is 3.52. The lowest BCUT2D eigenvalue weighted by Crippen LogP contribution is -2.50. The maximum atomic E-state index is 11.8. The molecular weight excluding hydrogens is 182 g/mol. The number of hydrogen-bond donors (Lipinski definition) is 0. The molecule has 3 heteroatoms. The fraction of sp³-hybridized carbons (Fsp3) is 1.00. The topological polar surface area (TPSA) is 20.3 Å². The Kier molecular flexibility index (Phi) is 3.92. The van der Waals surface area contributed by atoms with Crippen LogP contribution in [0.15, 0.2) is 0 Å². The van der Waals surface area contributed by atoms with E-state index >= 15 is 0 Å². The molecule has 0 aromatic heterocycles. The Morgan fingerprint density at radius 1 is 1.46 bits per heavy atom. The molecule has 1 rings (SSSR count). The molecule has 1 aliphatic rings.